The van der Waals surface area contributed by atoms with Crippen LogP contribution >= 0.6 is 0 Å². The van der Waals surface area contributed by atoms with Crippen molar-refractivity contribution >= 4 is 18.4 Å². The molecule has 0 N–H and O–H groups in total. The average Bonchev–Trinajstić information content (AvgIpc) is 2.85. The summed E-state index contributed by atoms with van der Waals surface area (Å²) in [6, 6.07) is 0. The van der Waals surface area contributed by atoms with Crippen molar-refractivity contribution in [3.8, 4) is 0 Å². The van der Waals surface area contributed by atoms with Gasteiger partial charge < -0.3 is 0 Å². The first-order valence-corrected chi connectivity index (χ1v) is 19.0. The molecule has 1 aliphatic rings. The van der Waals surface area contributed by atoms with Gasteiger partial charge in [-0.15, -0.1) is 0 Å². The molecule has 1 saturated carbocycles. The SMILES string of the molecule is CCCC[CH2][Sn]([CH2]CCCC)([CH2]CCCC)[CH]1CCCCCC1. The number of hydrogen-bond donors (Lipinski definition) is 0. The summed E-state index contributed by atoms with van der Waals surface area (Å²) >= 11 is -1.94. The summed E-state index contributed by atoms with van der Waals surface area (Å²) < 4.78 is 6.51. The topological polar surface area (TPSA) is 0 Å². The Morgan fingerprint density at radius 3 is 1.30 bits per heavy atom. The molecule has 0 bridgehead atoms. The van der Waals surface area contributed by atoms with E-state index in [4.69, 9.17) is 0 Å². The van der Waals surface area contributed by atoms with Crippen LogP contribution in [0, 0.1) is 0 Å². The van der Waals surface area contributed by atoms with Crippen LogP contribution in [0.2, 0.25) is 17.2 Å². The predicted molar refractivity (Wildman–Crippen MR) is 110 cm³/mol. The van der Waals surface area contributed by atoms with Crippen LogP contribution in [0.25, 0.3) is 0 Å². The van der Waals surface area contributed by atoms with Gasteiger partial charge in [-0.1, -0.05) is 0 Å². The molecule has 0 unspecified atom stereocenters. The molecule has 0 nitrogen and oxygen atoms in total. The molecule has 0 radical (unpaired) electrons. The Labute approximate surface area is 152 Å². The Bertz CT molecular complexity index is 226. The van der Waals surface area contributed by atoms with Gasteiger partial charge in [-0.2, -0.15) is 0 Å². The average molecular weight is 429 g/mol. The zero-order chi connectivity index (χ0) is 16.8. The first-order valence-electron chi connectivity index (χ1n) is 11.3. The van der Waals surface area contributed by atoms with Crippen molar-refractivity contribution in [2.45, 2.75) is 134 Å². The zero-order valence-electron chi connectivity index (χ0n) is 16.8. The molecule has 0 aromatic heterocycles. The molecule has 0 spiro atoms. The van der Waals surface area contributed by atoms with E-state index in [0.717, 1.165) is 0 Å². The summed E-state index contributed by atoms with van der Waals surface area (Å²) in [6.45, 7) is 7.16. The van der Waals surface area contributed by atoms with Gasteiger partial charge in [0.25, 0.3) is 0 Å². The van der Waals surface area contributed by atoms with Crippen LogP contribution in [0.15, 0.2) is 0 Å². The van der Waals surface area contributed by atoms with Crippen LogP contribution in [0.4, 0.5) is 0 Å². The van der Waals surface area contributed by atoms with Gasteiger partial charge in [0.1, 0.15) is 0 Å². The summed E-state index contributed by atoms with van der Waals surface area (Å²) in [5.74, 6) is 0. The van der Waals surface area contributed by atoms with Crippen molar-refractivity contribution in [2.24, 2.45) is 0 Å². The van der Waals surface area contributed by atoms with Crippen molar-refractivity contribution in [3.05, 3.63) is 0 Å². The maximum absolute atomic E-state index is 2.39. The van der Waals surface area contributed by atoms with E-state index in [2.05, 4.69) is 20.8 Å². The van der Waals surface area contributed by atoms with Gasteiger partial charge >= 0.3 is 153 Å². The second-order valence-electron chi connectivity index (χ2n) is 8.42. The summed E-state index contributed by atoms with van der Waals surface area (Å²) in [6.07, 6.45) is 23.0. The van der Waals surface area contributed by atoms with Crippen molar-refractivity contribution in [1.82, 2.24) is 0 Å². The van der Waals surface area contributed by atoms with Crippen LogP contribution in [-0.2, 0) is 0 Å². The van der Waals surface area contributed by atoms with Crippen LogP contribution in [0.5, 0.6) is 0 Å². The van der Waals surface area contributed by atoms with Gasteiger partial charge in [0, 0.05) is 0 Å². The standard InChI is InChI=1S/C7H13.3C5H11.Sn/c1-2-4-6-7-5-3-1;3*1-3-5-4-2;/h1H,2-7H2;3*1,3-5H2,2H3;. The van der Waals surface area contributed by atoms with E-state index in [-0.39, 0.29) is 0 Å². The van der Waals surface area contributed by atoms with Crippen LogP contribution < -0.4 is 0 Å². The Hall–Kier alpha value is 0.799. The van der Waals surface area contributed by atoms with Crippen molar-refractivity contribution in [2.75, 3.05) is 0 Å². The third-order valence-corrected chi connectivity index (χ3v) is 24.7. The Kier molecular flexibility index (Phi) is 13.3. The van der Waals surface area contributed by atoms with Gasteiger partial charge in [-0.3, -0.25) is 0 Å². The molecule has 138 valence electrons. The summed E-state index contributed by atoms with van der Waals surface area (Å²) in [5.41, 5.74) is 0. The quantitative estimate of drug-likeness (QED) is 0.156. The number of rotatable bonds is 13. The number of unbranched alkanes of at least 4 members (excludes halogenated alkanes) is 6. The number of hydrogen-bond acceptors (Lipinski definition) is 0. The fourth-order valence-corrected chi connectivity index (χ4v) is 23.5. The molecule has 0 aromatic rings. The van der Waals surface area contributed by atoms with Crippen molar-refractivity contribution in [1.29, 1.82) is 0 Å². The summed E-state index contributed by atoms with van der Waals surface area (Å²) in [5, 5.41) is 0. The Morgan fingerprint density at radius 2 is 0.957 bits per heavy atom. The van der Waals surface area contributed by atoms with Gasteiger partial charge in [0.2, 0.25) is 0 Å². The van der Waals surface area contributed by atoms with Gasteiger partial charge in [-0.25, -0.2) is 0 Å². The normalized spacial score (nSPS) is 17.3. The van der Waals surface area contributed by atoms with E-state index in [1.54, 1.807) is 58.3 Å². The molecule has 1 fully saturated rings. The van der Waals surface area contributed by atoms with Crippen molar-refractivity contribution < 1.29 is 0 Å². The predicted octanol–water partition coefficient (Wildman–Crippen LogP) is 8.73. The van der Waals surface area contributed by atoms with Gasteiger partial charge in [0.15, 0.2) is 0 Å². The molecule has 0 atom stereocenters. The van der Waals surface area contributed by atoms with Crippen LogP contribution in [0.1, 0.15) is 117 Å². The molecule has 1 heteroatoms. The summed E-state index contributed by atoms with van der Waals surface area (Å²) in [7, 11) is 0. The fourth-order valence-electron chi connectivity index (χ4n) is 5.06. The minimum atomic E-state index is -1.94. The monoisotopic (exact) mass is 430 g/mol. The second kappa shape index (κ2) is 14.0. The fraction of sp³-hybridized carbons (Fsp3) is 1.00. The third kappa shape index (κ3) is 8.63. The van der Waals surface area contributed by atoms with Crippen molar-refractivity contribution in [3.63, 3.8) is 0 Å². The zero-order valence-corrected chi connectivity index (χ0v) is 19.7. The van der Waals surface area contributed by atoms with Gasteiger partial charge in [-0.05, 0) is 0 Å². The van der Waals surface area contributed by atoms with Gasteiger partial charge in [0.05, 0.1) is 0 Å². The van der Waals surface area contributed by atoms with E-state index >= 15 is 0 Å². The van der Waals surface area contributed by atoms with E-state index in [1.807, 2.05) is 0 Å². The molecule has 0 amide bonds. The molecule has 0 saturated heterocycles. The molecule has 0 heterocycles. The third-order valence-electron chi connectivity index (χ3n) is 6.56. The second-order valence-corrected chi connectivity index (χ2v) is 22.8. The maximum atomic E-state index is 2.39. The minimum absolute atomic E-state index is 1.26. The molecule has 0 aromatic carbocycles. The molecule has 1 aliphatic carbocycles. The van der Waals surface area contributed by atoms with Crippen LogP contribution in [0.3, 0.4) is 0 Å². The molecular formula is C22H46Sn. The molecule has 1 rings (SSSR count). The Morgan fingerprint density at radius 1 is 0.565 bits per heavy atom. The van der Waals surface area contributed by atoms with E-state index < -0.39 is 18.4 Å². The Balaban J connectivity index is 2.78. The molecular weight excluding hydrogens is 383 g/mol. The van der Waals surface area contributed by atoms with E-state index in [0.29, 0.717) is 0 Å². The van der Waals surface area contributed by atoms with E-state index in [9.17, 15) is 0 Å². The first kappa shape index (κ1) is 21.8. The summed E-state index contributed by atoms with van der Waals surface area (Å²) in [4.78, 5) is 0. The molecule has 0 aliphatic heterocycles. The van der Waals surface area contributed by atoms with Crippen LogP contribution in [-0.4, -0.2) is 18.4 Å². The molecule has 23 heavy (non-hydrogen) atoms. The van der Waals surface area contributed by atoms with E-state index in [1.165, 1.54) is 55.3 Å². The first-order chi connectivity index (χ1) is 11.3.